The lowest BCUT2D eigenvalue weighted by atomic mass is 10.0. The number of imide groups is 1. The summed E-state index contributed by atoms with van der Waals surface area (Å²) in [6, 6.07) is 13.0. The highest BCUT2D eigenvalue weighted by Crippen LogP contribution is 2.26. The van der Waals surface area contributed by atoms with Crippen LogP contribution in [0, 0.1) is 5.92 Å². The number of rotatable bonds is 10. The van der Waals surface area contributed by atoms with Gasteiger partial charge >= 0.3 is 11.9 Å². The number of nitrogens with zero attached hydrogens (tertiary/aromatic N) is 1. The molecule has 0 aliphatic carbocycles. The lowest BCUT2D eigenvalue weighted by Crippen LogP contribution is -2.48. The van der Waals surface area contributed by atoms with Gasteiger partial charge in [0.15, 0.2) is 6.61 Å². The normalized spacial score (nSPS) is 14.3. The van der Waals surface area contributed by atoms with Crippen molar-refractivity contribution in [2.24, 2.45) is 5.92 Å². The Morgan fingerprint density at radius 2 is 1.46 bits per heavy atom. The number of ether oxygens (including phenoxy) is 2. The van der Waals surface area contributed by atoms with E-state index in [1.54, 1.807) is 42.5 Å². The Morgan fingerprint density at radius 3 is 2.00 bits per heavy atom. The first kappa shape index (κ1) is 25.6. The minimum absolute atomic E-state index is 0.0187. The van der Waals surface area contributed by atoms with Gasteiger partial charge in [0.05, 0.1) is 18.2 Å². The van der Waals surface area contributed by atoms with Gasteiger partial charge in [-0.1, -0.05) is 56.3 Å². The van der Waals surface area contributed by atoms with Gasteiger partial charge < -0.3 is 14.8 Å². The number of hydrogen-bond donors (Lipinski definition) is 1. The molecule has 2 atom stereocenters. The number of amides is 3. The third kappa shape index (κ3) is 6.11. The Balaban J connectivity index is 1.75. The van der Waals surface area contributed by atoms with E-state index in [2.05, 4.69) is 5.32 Å². The molecule has 1 aliphatic rings. The summed E-state index contributed by atoms with van der Waals surface area (Å²) in [4.78, 5) is 64.4. The lowest BCUT2D eigenvalue weighted by Gasteiger charge is -2.25. The molecule has 2 aromatic carbocycles. The first-order valence-corrected chi connectivity index (χ1v) is 11.3. The molecule has 1 N–H and O–H groups in total. The zero-order valence-electron chi connectivity index (χ0n) is 19.9. The van der Waals surface area contributed by atoms with Crippen LogP contribution in [0.2, 0.25) is 0 Å². The van der Waals surface area contributed by atoms with Crippen LogP contribution < -0.4 is 5.32 Å². The van der Waals surface area contributed by atoms with E-state index in [-0.39, 0.29) is 23.5 Å². The average Bonchev–Trinajstić information content (AvgIpc) is 3.10. The Morgan fingerprint density at radius 1 is 0.886 bits per heavy atom. The van der Waals surface area contributed by atoms with Crippen molar-refractivity contribution in [3.8, 4) is 0 Å². The van der Waals surface area contributed by atoms with Crippen LogP contribution in [-0.4, -0.2) is 60.4 Å². The molecular formula is C26H28N2O7. The van der Waals surface area contributed by atoms with Crippen LogP contribution in [0.3, 0.4) is 0 Å². The third-order valence-corrected chi connectivity index (χ3v) is 5.55. The van der Waals surface area contributed by atoms with Crippen molar-refractivity contribution in [3.05, 3.63) is 71.3 Å². The van der Waals surface area contributed by atoms with E-state index in [1.807, 2.05) is 13.8 Å². The van der Waals surface area contributed by atoms with E-state index in [9.17, 15) is 24.0 Å². The molecule has 0 bridgehead atoms. The Bertz CT molecular complexity index is 1080. The highest BCUT2D eigenvalue weighted by molar-refractivity contribution is 6.22. The fourth-order valence-corrected chi connectivity index (χ4v) is 3.90. The second kappa shape index (κ2) is 11.4. The van der Waals surface area contributed by atoms with E-state index in [0.29, 0.717) is 12.0 Å². The van der Waals surface area contributed by atoms with Gasteiger partial charge in [-0.3, -0.25) is 19.3 Å². The first-order valence-electron chi connectivity index (χ1n) is 11.3. The van der Waals surface area contributed by atoms with E-state index in [0.717, 1.165) is 4.90 Å². The fourth-order valence-electron chi connectivity index (χ4n) is 3.90. The second-order valence-corrected chi connectivity index (χ2v) is 8.61. The molecule has 0 aromatic heterocycles. The summed E-state index contributed by atoms with van der Waals surface area (Å²) in [5, 5.41) is 2.51. The molecule has 0 fully saturated rings. The number of esters is 2. The fraction of sp³-hybridized carbons (Fsp3) is 0.346. The van der Waals surface area contributed by atoms with Gasteiger partial charge in [-0.05, 0) is 30.0 Å². The van der Waals surface area contributed by atoms with Crippen molar-refractivity contribution in [2.75, 3.05) is 13.7 Å². The molecular weight excluding hydrogens is 452 g/mol. The number of benzene rings is 2. The summed E-state index contributed by atoms with van der Waals surface area (Å²) in [6.45, 7) is 3.09. The lowest BCUT2D eigenvalue weighted by molar-refractivity contribution is -0.153. The van der Waals surface area contributed by atoms with Gasteiger partial charge in [0, 0.05) is 6.42 Å². The largest absolute Gasteiger partial charge is 0.467 e. The summed E-state index contributed by atoms with van der Waals surface area (Å²) in [6.07, 6.45) is 0.364. The molecule has 1 aliphatic heterocycles. The maximum Gasteiger partial charge on any atom is 0.330 e. The molecule has 3 amide bonds. The van der Waals surface area contributed by atoms with E-state index >= 15 is 0 Å². The quantitative estimate of drug-likeness (QED) is 0.409. The maximum atomic E-state index is 13.1. The standard InChI is InChI=1S/C26H28N2O7/c1-16(2)13-20(25(32)34-3)27-22(29)15-35-26(33)21(14-17-9-5-4-6-10-17)28-23(30)18-11-7-8-12-19(18)24(28)31/h4-12,16,20-21H,13-15H2,1-3H3,(H,27,29). The van der Waals surface area contributed by atoms with Crippen LogP contribution in [0.1, 0.15) is 46.5 Å². The summed E-state index contributed by atoms with van der Waals surface area (Å²) in [5.74, 6) is -3.31. The maximum absolute atomic E-state index is 13.1. The molecule has 9 heteroatoms. The third-order valence-electron chi connectivity index (χ3n) is 5.55. The van der Waals surface area contributed by atoms with Crippen molar-refractivity contribution in [1.82, 2.24) is 10.2 Å². The van der Waals surface area contributed by atoms with Gasteiger partial charge in [0.1, 0.15) is 12.1 Å². The molecule has 2 unspecified atom stereocenters. The van der Waals surface area contributed by atoms with Gasteiger partial charge in [-0.25, -0.2) is 9.59 Å². The topological polar surface area (TPSA) is 119 Å². The second-order valence-electron chi connectivity index (χ2n) is 8.61. The molecule has 184 valence electrons. The van der Waals surface area contributed by atoms with Crippen LogP contribution in [0.15, 0.2) is 54.6 Å². The minimum atomic E-state index is -1.27. The van der Waals surface area contributed by atoms with E-state index < -0.39 is 48.4 Å². The Labute approximate surface area is 203 Å². The summed E-state index contributed by atoms with van der Waals surface area (Å²) >= 11 is 0. The van der Waals surface area contributed by atoms with Crippen LogP contribution in [0.5, 0.6) is 0 Å². The summed E-state index contributed by atoms with van der Waals surface area (Å²) in [5.41, 5.74) is 1.12. The Kier molecular flexibility index (Phi) is 8.35. The monoisotopic (exact) mass is 480 g/mol. The number of methoxy groups -OCH3 is 1. The predicted octanol–water partition coefficient (Wildman–Crippen LogP) is 2.14. The van der Waals surface area contributed by atoms with Crippen molar-refractivity contribution >= 4 is 29.7 Å². The number of carbonyl (C=O) groups excluding carboxylic acids is 5. The summed E-state index contributed by atoms with van der Waals surface area (Å²) in [7, 11) is 1.22. The molecule has 0 radical (unpaired) electrons. The van der Waals surface area contributed by atoms with Crippen molar-refractivity contribution in [3.63, 3.8) is 0 Å². The molecule has 35 heavy (non-hydrogen) atoms. The molecule has 1 heterocycles. The van der Waals surface area contributed by atoms with Crippen LogP contribution in [0.25, 0.3) is 0 Å². The zero-order chi connectivity index (χ0) is 25.5. The van der Waals surface area contributed by atoms with Crippen LogP contribution >= 0.6 is 0 Å². The predicted molar refractivity (Wildman–Crippen MR) is 125 cm³/mol. The molecule has 0 saturated heterocycles. The van der Waals surface area contributed by atoms with Crippen LogP contribution in [-0.2, 0) is 30.3 Å². The van der Waals surface area contributed by atoms with Gasteiger partial charge in [0.2, 0.25) is 0 Å². The Hall–Kier alpha value is -4.01. The summed E-state index contributed by atoms with van der Waals surface area (Å²) < 4.78 is 9.94. The average molecular weight is 481 g/mol. The number of carbonyl (C=O) groups is 5. The smallest absolute Gasteiger partial charge is 0.330 e. The molecule has 0 saturated carbocycles. The highest BCUT2D eigenvalue weighted by atomic mass is 16.5. The minimum Gasteiger partial charge on any atom is -0.467 e. The molecule has 3 rings (SSSR count). The molecule has 2 aromatic rings. The van der Waals surface area contributed by atoms with Gasteiger partial charge in [-0.2, -0.15) is 0 Å². The SMILES string of the molecule is COC(=O)C(CC(C)C)NC(=O)COC(=O)C(Cc1ccccc1)N1C(=O)c2ccccc2C1=O. The first-order chi connectivity index (χ1) is 16.7. The van der Waals surface area contributed by atoms with Crippen molar-refractivity contribution < 1.29 is 33.4 Å². The van der Waals surface area contributed by atoms with Gasteiger partial charge in [-0.15, -0.1) is 0 Å². The van der Waals surface area contributed by atoms with Crippen molar-refractivity contribution in [2.45, 2.75) is 38.8 Å². The number of nitrogens with one attached hydrogen (secondary N) is 1. The number of hydrogen-bond acceptors (Lipinski definition) is 7. The molecule has 0 spiro atoms. The van der Waals surface area contributed by atoms with Crippen LogP contribution in [0.4, 0.5) is 0 Å². The number of fused-ring (bicyclic) bond motifs is 1. The van der Waals surface area contributed by atoms with E-state index in [1.165, 1.54) is 19.2 Å². The highest BCUT2D eigenvalue weighted by Gasteiger charge is 2.43. The zero-order valence-corrected chi connectivity index (χ0v) is 19.9. The van der Waals surface area contributed by atoms with E-state index in [4.69, 9.17) is 9.47 Å². The van der Waals surface area contributed by atoms with Crippen molar-refractivity contribution in [1.29, 1.82) is 0 Å². The van der Waals surface area contributed by atoms with Gasteiger partial charge in [0.25, 0.3) is 17.7 Å². The molecule has 9 nitrogen and oxygen atoms in total.